The smallest absolute Gasteiger partial charge is 0.338 e. The van der Waals surface area contributed by atoms with E-state index in [2.05, 4.69) is 10.0 Å². The molecule has 10 heteroatoms. The number of ether oxygens (including phenoxy) is 1. The van der Waals surface area contributed by atoms with Gasteiger partial charge in [0.2, 0.25) is 15.9 Å². The summed E-state index contributed by atoms with van der Waals surface area (Å²) in [7, 11) is -4.06. The van der Waals surface area contributed by atoms with Crippen molar-refractivity contribution in [1.82, 2.24) is 4.72 Å². The van der Waals surface area contributed by atoms with Crippen molar-refractivity contribution in [3.8, 4) is 0 Å². The molecule has 0 heterocycles. The Hall–Kier alpha value is -2.13. The highest BCUT2D eigenvalue weighted by atomic mass is 35.5. The Labute approximate surface area is 173 Å². The zero-order valence-electron chi connectivity index (χ0n) is 15.0. The van der Waals surface area contributed by atoms with E-state index in [9.17, 15) is 18.0 Å². The van der Waals surface area contributed by atoms with Gasteiger partial charge in [-0.05, 0) is 56.3 Å². The lowest BCUT2D eigenvalue weighted by Gasteiger charge is -2.15. The summed E-state index contributed by atoms with van der Waals surface area (Å²) < 4.78 is 32.1. The highest BCUT2D eigenvalue weighted by Crippen LogP contribution is 2.25. The van der Waals surface area contributed by atoms with Gasteiger partial charge in [0.25, 0.3) is 0 Å². The van der Waals surface area contributed by atoms with Crippen LogP contribution in [0, 0.1) is 0 Å². The molecule has 0 saturated heterocycles. The van der Waals surface area contributed by atoms with Crippen molar-refractivity contribution in [2.24, 2.45) is 0 Å². The number of rotatable bonds is 7. The molecular weight excluding hydrogens is 427 g/mol. The maximum Gasteiger partial charge on any atom is 0.338 e. The van der Waals surface area contributed by atoms with Crippen molar-refractivity contribution in [2.45, 2.75) is 24.8 Å². The molecule has 1 amide bonds. The molecule has 7 nitrogen and oxygen atoms in total. The van der Waals surface area contributed by atoms with Crippen molar-refractivity contribution >= 4 is 50.8 Å². The fourth-order valence-electron chi connectivity index (χ4n) is 2.19. The SMILES string of the molecule is CCOC(=O)c1ccc(NC(=O)[C@@H](C)NS(=O)(=O)c2cc(Cl)ccc2Cl)cc1. The summed E-state index contributed by atoms with van der Waals surface area (Å²) >= 11 is 11.7. The number of hydrogen-bond donors (Lipinski definition) is 2. The number of carbonyl (C=O) groups excluding carboxylic acids is 2. The standard InChI is InChI=1S/C18H18Cl2N2O5S/c1-3-27-18(24)12-4-7-14(8-5-12)21-17(23)11(2)22-28(25,26)16-10-13(19)6-9-15(16)20/h4-11,22H,3H2,1-2H3,(H,21,23)/t11-/m1/s1. The van der Waals surface area contributed by atoms with Crippen LogP contribution in [-0.4, -0.2) is 32.9 Å². The third-order valence-electron chi connectivity index (χ3n) is 3.57. The Morgan fingerprint density at radius 3 is 2.36 bits per heavy atom. The highest BCUT2D eigenvalue weighted by Gasteiger charge is 2.24. The maximum atomic E-state index is 12.5. The fourth-order valence-corrected chi connectivity index (χ4v) is 4.15. The first kappa shape index (κ1) is 22.2. The first-order chi connectivity index (χ1) is 13.1. The minimum Gasteiger partial charge on any atom is -0.462 e. The number of halogens is 2. The van der Waals surface area contributed by atoms with E-state index in [4.69, 9.17) is 27.9 Å². The third-order valence-corrected chi connectivity index (χ3v) is 5.83. The lowest BCUT2D eigenvalue weighted by atomic mass is 10.2. The van der Waals surface area contributed by atoms with Gasteiger partial charge in [0.15, 0.2) is 0 Å². The minimum atomic E-state index is -4.06. The topological polar surface area (TPSA) is 102 Å². The third kappa shape index (κ3) is 5.68. The van der Waals surface area contributed by atoms with Crippen LogP contribution >= 0.6 is 23.2 Å². The fraction of sp³-hybridized carbons (Fsp3) is 0.222. The van der Waals surface area contributed by atoms with Crippen molar-refractivity contribution in [1.29, 1.82) is 0 Å². The van der Waals surface area contributed by atoms with Crippen molar-refractivity contribution < 1.29 is 22.7 Å². The average Bonchev–Trinajstić information content (AvgIpc) is 2.64. The lowest BCUT2D eigenvalue weighted by molar-refractivity contribution is -0.117. The molecule has 1 atom stereocenters. The van der Waals surface area contributed by atoms with E-state index in [1.54, 1.807) is 6.92 Å². The Bertz CT molecular complexity index is 978. The summed E-state index contributed by atoms with van der Waals surface area (Å²) in [6, 6.07) is 8.93. The second-order valence-corrected chi connectivity index (χ2v) is 8.23. The first-order valence-electron chi connectivity index (χ1n) is 8.19. The number of hydrogen-bond acceptors (Lipinski definition) is 5. The van der Waals surface area contributed by atoms with Crippen LogP contribution in [0.4, 0.5) is 5.69 Å². The molecule has 0 aliphatic carbocycles. The number of sulfonamides is 1. The number of benzene rings is 2. The Morgan fingerprint density at radius 2 is 1.75 bits per heavy atom. The minimum absolute atomic E-state index is 0.0148. The second-order valence-electron chi connectivity index (χ2n) is 5.70. The first-order valence-corrected chi connectivity index (χ1v) is 10.4. The van der Waals surface area contributed by atoms with Gasteiger partial charge in [-0.2, -0.15) is 4.72 Å². The number of esters is 1. The molecular formula is C18H18Cl2N2O5S. The normalized spacial score (nSPS) is 12.3. The molecule has 0 spiro atoms. The molecule has 2 aromatic carbocycles. The number of carbonyl (C=O) groups is 2. The number of amides is 1. The molecule has 2 aromatic rings. The van der Waals surface area contributed by atoms with Crippen molar-refractivity contribution in [3.63, 3.8) is 0 Å². The van der Waals surface area contributed by atoms with Gasteiger partial charge >= 0.3 is 5.97 Å². The van der Waals surface area contributed by atoms with Gasteiger partial charge in [-0.3, -0.25) is 4.79 Å². The average molecular weight is 445 g/mol. The van der Waals surface area contributed by atoms with Crippen LogP contribution in [-0.2, 0) is 19.6 Å². The second kappa shape index (κ2) is 9.38. The van der Waals surface area contributed by atoms with Gasteiger partial charge < -0.3 is 10.1 Å². The Morgan fingerprint density at radius 1 is 1.11 bits per heavy atom. The van der Waals surface area contributed by atoms with E-state index in [1.165, 1.54) is 49.4 Å². The molecule has 0 radical (unpaired) electrons. The maximum absolute atomic E-state index is 12.5. The Kier molecular flexibility index (Phi) is 7.42. The van der Waals surface area contributed by atoms with Crippen LogP contribution in [0.5, 0.6) is 0 Å². The van der Waals surface area contributed by atoms with Gasteiger partial charge in [0.1, 0.15) is 4.90 Å². The van der Waals surface area contributed by atoms with Crippen LogP contribution in [0.1, 0.15) is 24.2 Å². The van der Waals surface area contributed by atoms with Crippen LogP contribution in [0.3, 0.4) is 0 Å². The van der Waals surface area contributed by atoms with E-state index in [0.717, 1.165) is 0 Å². The van der Waals surface area contributed by atoms with Crippen LogP contribution in [0.15, 0.2) is 47.4 Å². The van der Waals surface area contributed by atoms with Crippen LogP contribution < -0.4 is 10.0 Å². The molecule has 0 fully saturated rings. The van der Waals surface area contributed by atoms with E-state index >= 15 is 0 Å². The van der Waals surface area contributed by atoms with E-state index < -0.39 is 27.9 Å². The van der Waals surface area contributed by atoms with E-state index in [-0.39, 0.29) is 21.5 Å². The summed E-state index contributed by atoms with van der Waals surface area (Å²) in [6.07, 6.45) is 0. The molecule has 0 aliphatic rings. The van der Waals surface area contributed by atoms with Crippen molar-refractivity contribution in [3.05, 3.63) is 58.1 Å². The molecule has 0 aromatic heterocycles. The van der Waals surface area contributed by atoms with Gasteiger partial charge in [-0.1, -0.05) is 23.2 Å². The molecule has 2 rings (SSSR count). The summed E-state index contributed by atoms with van der Waals surface area (Å²) in [5.74, 6) is -1.06. The van der Waals surface area contributed by atoms with E-state index in [0.29, 0.717) is 11.3 Å². The predicted octanol–water partition coefficient (Wildman–Crippen LogP) is 3.48. The zero-order valence-corrected chi connectivity index (χ0v) is 17.4. The van der Waals surface area contributed by atoms with Crippen molar-refractivity contribution in [2.75, 3.05) is 11.9 Å². The number of anilines is 1. The largest absolute Gasteiger partial charge is 0.462 e. The molecule has 0 saturated carbocycles. The monoisotopic (exact) mass is 444 g/mol. The molecule has 0 aliphatic heterocycles. The predicted molar refractivity (Wildman–Crippen MR) is 107 cm³/mol. The van der Waals surface area contributed by atoms with Gasteiger partial charge in [0.05, 0.1) is 23.2 Å². The lowest BCUT2D eigenvalue weighted by Crippen LogP contribution is -2.41. The van der Waals surface area contributed by atoms with Gasteiger partial charge in [-0.15, -0.1) is 0 Å². The highest BCUT2D eigenvalue weighted by molar-refractivity contribution is 7.89. The zero-order chi connectivity index (χ0) is 20.9. The quantitative estimate of drug-likeness (QED) is 0.636. The van der Waals surface area contributed by atoms with Crippen LogP contribution in [0.25, 0.3) is 0 Å². The summed E-state index contributed by atoms with van der Waals surface area (Å²) in [5, 5.41) is 2.75. The molecule has 150 valence electrons. The van der Waals surface area contributed by atoms with Gasteiger partial charge in [0, 0.05) is 10.7 Å². The molecule has 0 unspecified atom stereocenters. The molecule has 0 bridgehead atoms. The summed E-state index contributed by atoms with van der Waals surface area (Å²) in [5.41, 5.74) is 0.731. The van der Waals surface area contributed by atoms with E-state index in [1.807, 2.05) is 0 Å². The molecule has 2 N–H and O–H groups in total. The summed E-state index contributed by atoms with van der Waals surface area (Å²) in [6.45, 7) is 3.34. The van der Waals surface area contributed by atoms with Crippen LogP contribution in [0.2, 0.25) is 10.0 Å². The summed E-state index contributed by atoms with van der Waals surface area (Å²) in [4.78, 5) is 23.7. The van der Waals surface area contributed by atoms with Gasteiger partial charge in [-0.25, -0.2) is 13.2 Å². The molecule has 28 heavy (non-hydrogen) atoms. The number of nitrogens with one attached hydrogen (secondary N) is 2. The Balaban J connectivity index is 2.06.